The topological polar surface area (TPSA) is 75.3 Å². The van der Waals surface area contributed by atoms with Crippen molar-refractivity contribution in [2.45, 2.75) is 30.7 Å². The van der Waals surface area contributed by atoms with Gasteiger partial charge in [-0.15, -0.1) is 0 Å². The molecule has 1 atom stereocenters. The highest BCUT2D eigenvalue weighted by Crippen LogP contribution is 2.33. The van der Waals surface area contributed by atoms with Crippen molar-refractivity contribution in [3.63, 3.8) is 0 Å². The Hall–Kier alpha value is -2.39. The SMILES string of the molecule is CC(NS(=O)(=O)c1ccc(F)c(C(=O)Nc2ccc(F)c(F)c2)c1)C1CC1. The maximum absolute atomic E-state index is 14.0. The van der Waals surface area contributed by atoms with Gasteiger partial charge in [0.25, 0.3) is 5.91 Å². The van der Waals surface area contributed by atoms with Gasteiger partial charge >= 0.3 is 0 Å². The number of rotatable bonds is 6. The minimum absolute atomic E-state index is 0.0907. The third-order valence-corrected chi connectivity index (χ3v) is 5.90. The molecule has 0 spiro atoms. The summed E-state index contributed by atoms with van der Waals surface area (Å²) in [5.74, 6) is -3.92. The molecule has 0 aromatic heterocycles. The van der Waals surface area contributed by atoms with Crippen molar-refractivity contribution in [2.24, 2.45) is 5.92 Å². The van der Waals surface area contributed by atoms with E-state index in [-0.39, 0.29) is 22.5 Å². The molecule has 5 nitrogen and oxygen atoms in total. The van der Waals surface area contributed by atoms with Gasteiger partial charge in [0, 0.05) is 17.8 Å². The Bertz CT molecular complexity index is 991. The molecule has 1 aliphatic rings. The van der Waals surface area contributed by atoms with Gasteiger partial charge in [-0.1, -0.05) is 0 Å². The molecule has 0 saturated heterocycles. The molecule has 2 aromatic carbocycles. The van der Waals surface area contributed by atoms with Gasteiger partial charge in [0.2, 0.25) is 10.0 Å². The summed E-state index contributed by atoms with van der Waals surface area (Å²) in [6.45, 7) is 1.75. The fourth-order valence-corrected chi connectivity index (χ4v) is 3.96. The molecule has 1 unspecified atom stereocenters. The van der Waals surface area contributed by atoms with E-state index in [9.17, 15) is 26.4 Å². The standard InChI is InChI=1S/C18H17F3N2O3S/c1-10(11-2-3-11)23-27(25,26)13-5-7-15(19)14(9-13)18(24)22-12-4-6-16(20)17(21)8-12/h4-11,23H,2-3H2,1H3,(H,22,24). The van der Waals surface area contributed by atoms with E-state index in [1.165, 1.54) is 0 Å². The van der Waals surface area contributed by atoms with E-state index in [1.54, 1.807) is 6.92 Å². The molecular weight excluding hydrogens is 381 g/mol. The lowest BCUT2D eigenvalue weighted by Gasteiger charge is -2.14. The fraction of sp³-hybridized carbons (Fsp3) is 0.278. The van der Waals surface area contributed by atoms with Gasteiger partial charge in [0.05, 0.1) is 10.5 Å². The van der Waals surface area contributed by atoms with Crippen molar-refractivity contribution in [3.8, 4) is 0 Å². The van der Waals surface area contributed by atoms with Gasteiger partial charge in [0.1, 0.15) is 5.82 Å². The quantitative estimate of drug-likeness (QED) is 0.783. The number of halogens is 3. The first-order valence-electron chi connectivity index (χ1n) is 8.25. The fourth-order valence-electron chi connectivity index (χ4n) is 2.62. The summed E-state index contributed by atoms with van der Waals surface area (Å²) in [6, 6.07) is 5.23. The summed E-state index contributed by atoms with van der Waals surface area (Å²) in [4.78, 5) is 12.0. The summed E-state index contributed by atoms with van der Waals surface area (Å²) in [6.07, 6.45) is 1.88. The molecule has 1 aliphatic carbocycles. The third-order valence-electron chi connectivity index (χ3n) is 4.34. The molecular formula is C18H17F3N2O3S. The van der Waals surface area contributed by atoms with Crippen LogP contribution in [0.2, 0.25) is 0 Å². The van der Waals surface area contributed by atoms with Gasteiger partial charge in [-0.05, 0) is 56.0 Å². The third kappa shape index (κ3) is 4.48. The summed E-state index contributed by atoms with van der Waals surface area (Å²) >= 11 is 0. The smallest absolute Gasteiger partial charge is 0.258 e. The first-order valence-corrected chi connectivity index (χ1v) is 9.74. The first-order chi connectivity index (χ1) is 12.7. The van der Waals surface area contributed by atoms with Gasteiger partial charge in [-0.3, -0.25) is 4.79 Å². The number of anilines is 1. The highest BCUT2D eigenvalue weighted by molar-refractivity contribution is 7.89. The van der Waals surface area contributed by atoms with Crippen LogP contribution in [0.25, 0.3) is 0 Å². The first kappa shape index (κ1) is 19.4. The van der Waals surface area contributed by atoms with E-state index in [1.807, 2.05) is 0 Å². The van der Waals surface area contributed by atoms with Gasteiger partial charge in [0.15, 0.2) is 11.6 Å². The predicted molar refractivity (Wildman–Crippen MR) is 93.2 cm³/mol. The van der Waals surface area contributed by atoms with E-state index in [2.05, 4.69) is 10.0 Å². The molecule has 3 rings (SSSR count). The monoisotopic (exact) mass is 398 g/mol. The van der Waals surface area contributed by atoms with Crippen molar-refractivity contribution in [1.82, 2.24) is 4.72 Å². The number of nitrogens with one attached hydrogen (secondary N) is 2. The van der Waals surface area contributed by atoms with E-state index in [4.69, 9.17) is 0 Å². The normalized spacial score (nSPS) is 15.4. The van der Waals surface area contributed by atoms with Gasteiger partial charge in [-0.25, -0.2) is 26.3 Å². The molecule has 2 aromatic rings. The second-order valence-corrected chi connectivity index (χ2v) is 8.19. The minimum Gasteiger partial charge on any atom is -0.322 e. The second kappa shape index (κ2) is 7.32. The van der Waals surface area contributed by atoms with Crippen LogP contribution < -0.4 is 10.0 Å². The van der Waals surface area contributed by atoms with Crippen molar-refractivity contribution >= 4 is 21.6 Å². The Balaban J connectivity index is 1.83. The van der Waals surface area contributed by atoms with Crippen molar-refractivity contribution in [1.29, 1.82) is 0 Å². The summed E-state index contributed by atoms with van der Waals surface area (Å²) in [5.41, 5.74) is -0.617. The Morgan fingerprint density at radius 1 is 1.04 bits per heavy atom. The van der Waals surface area contributed by atoms with Crippen LogP contribution in [0.5, 0.6) is 0 Å². The molecule has 27 heavy (non-hydrogen) atoms. The number of benzene rings is 2. The van der Waals surface area contributed by atoms with Crippen LogP contribution in [-0.2, 0) is 10.0 Å². The van der Waals surface area contributed by atoms with Crippen LogP contribution in [0, 0.1) is 23.4 Å². The number of carbonyl (C=O) groups excluding carboxylic acids is 1. The maximum atomic E-state index is 14.0. The molecule has 144 valence electrons. The zero-order valence-electron chi connectivity index (χ0n) is 14.3. The number of carbonyl (C=O) groups is 1. The average molecular weight is 398 g/mol. The van der Waals surface area contributed by atoms with Crippen molar-refractivity contribution in [3.05, 3.63) is 59.4 Å². The molecule has 0 bridgehead atoms. The molecule has 1 saturated carbocycles. The van der Waals surface area contributed by atoms with E-state index in [0.29, 0.717) is 0 Å². The number of sulfonamides is 1. The highest BCUT2D eigenvalue weighted by atomic mass is 32.2. The lowest BCUT2D eigenvalue weighted by molar-refractivity contribution is 0.102. The maximum Gasteiger partial charge on any atom is 0.258 e. The zero-order valence-corrected chi connectivity index (χ0v) is 15.1. The van der Waals surface area contributed by atoms with Crippen LogP contribution in [0.4, 0.5) is 18.9 Å². The van der Waals surface area contributed by atoms with Crippen LogP contribution in [-0.4, -0.2) is 20.4 Å². The van der Waals surface area contributed by atoms with Crippen LogP contribution in [0.15, 0.2) is 41.3 Å². The highest BCUT2D eigenvalue weighted by Gasteiger charge is 2.31. The Kier molecular flexibility index (Phi) is 5.25. The molecule has 0 aliphatic heterocycles. The summed E-state index contributed by atoms with van der Waals surface area (Å²) < 4.78 is 67.6. The Labute approximate surface area is 154 Å². The van der Waals surface area contributed by atoms with Gasteiger partial charge in [-0.2, -0.15) is 0 Å². The largest absolute Gasteiger partial charge is 0.322 e. The molecule has 0 radical (unpaired) electrons. The van der Waals surface area contributed by atoms with E-state index in [0.717, 1.165) is 49.2 Å². The summed E-state index contributed by atoms with van der Waals surface area (Å²) in [5, 5.41) is 2.21. The Morgan fingerprint density at radius 3 is 2.33 bits per heavy atom. The molecule has 9 heteroatoms. The predicted octanol–water partition coefficient (Wildman–Crippen LogP) is 3.43. The van der Waals surface area contributed by atoms with Crippen molar-refractivity contribution < 1.29 is 26.4 Å². The zero-order chi connectivity index (χ0) is 19.8. The van der Waals surface area contributed by atoms with E-state index < -0.39 is 38.9 Å². The average Bonchev–Trinajstić information content (AvgIpc) is 3.43. The lowest BCUT2D eigenvalue weighted by atomic mass is 10.2. The number of hydrogen-bond donors (Lipinski definition) is 2. The van der Waals surface area contributed by atoms with Crippen molar-refractivity contribution in [2.75, 3.05) is 5.32 Å². The Morgan fingerprint density at radius 2 is 1.70 bits per heavy atom. The number of amides is 1. The summed E-state index contributed by atoms with van der Waals surface area (Å²) in [7, 11) is -3.93. The van der Waals surface area contributed by atoms with Crippen LogP contribution in [0.3, 0.4) is 0 Å². The molecule has 2 N–H and O–H groups in total. The molecule has 0 heterocycles. The minimum atomic E-state index is -3.93. The molecule has 1 amide bonds. The second-order valence-electron chi connectivity index (χ2n) is 6.47. The number of hydrogen-bond acceptors (Lipinski definition) is 3. The van der Waals surface area contributed by atoms with Crippen LogP contribution in [0.1, 0.15) is 30.1 Å². The van der Waals surface area contributed by atoms with Gasteiger partial charge < -0.3 is 5.32 Å². The lowest BCUT2D eigenvalue weighted by Crippen LogP contribution is -2.34. The molecule has 1 fully saturated rings. The van der Waals surface area contributed by atoms with E-state index >= 15 is 0 Å². The van der Waals surface area contributed by atoms with Crippen LogP contribution >= 0.6 is 0 Å².